The van der Waals surface area contributed by atoms with Crippen molar-refractivity contribution in [2.45, 2.75) is 19.6 Å². The molecule has 23 heavy (non-hydrogen) atoms. The van der Waals surface area contributed by atoms with Crippen molar-refractivity contribution in [1.82, 2.24) is 0 Å². The number of nitrogens with zero attached hydrogens (tertiary/aromatic N) is 1. The Morgan fingerprint density at radius 1 is 1.13 bits per heavy atom. The van der Waals surface area contributed by atoms with Crippen molar-refractivity contribution >= 4 is 23.2 Å². The summed E-state index contributed by atoms with van der Waals surface area (Å²) in [7, 11) is 0. The van der Waals surface area contributed by atoms with Gasteiger partial charge in [-0.2, -0.15) is 0 Å². The average Bonchev–Trinajstić information content (AvgIpc) is 2.44. The molecule has 3 rings (SSSR count). The van der Waals surface area contributed by atoms with Crippen LogP contribution in [0.15, 0.2) is 30.3 Å². The zero-order valence-electron chi connectivity index (χ0n) is 11.9. The fourth-order valence-electron chi connectivity index (χ4n) is 2.48. The van der Waals surface area contributed by atoms with Gasteiger partial charge in [0.2, 0.25) is 0 Å². The maximum atomic E-state index is 14.0. The number of benzene rings is 2. The lowest BCUT2D eigenvalue weighted by Gasteiger charge is -2.33. The predicted molar refractivity (Wildman–Crippen MR) is 79.0 cm³/mol. The molecule has 0 spiro atoms. The summed E-state index contributed by atoms with van der Waals surface area (Å²) in [6.45, 7) is 1.34. The van der Waals surface area contributed by atoms with Crippen LogP contribution in [0.25, 0.3) is 0 Å². The Balaban J connectivity index is 2.06. The zero-order valence-corrected chi connectivity index (χ0v) is 12.7. The molecule has 0 aromatic heterocycles. The van der Waals surface area contributed by atoms with Crippen LogP contribution >= 0.6 is 11.6 Å². The second-order valence-corrected chi connectivity index (χ2v) is 5.63. The van der Waals surface area contributed by atoms with Gasteiger partial charge in [-0.1, -0.05) is 11.6 Å². The summed E-state index contributed by atoms with van der Waals surface area (Å²) >= 11 is 5.83. The molecule has 1 aliphatic rings. The maximum absolute atomic E-state index is 14.0. The van der Waals surface area contributed by atoms with Crippen LogP contribution in [0.5, 0.6) is 5.75 Å². The van der Waals surface area contributed by atoms with Crippen LogP contribution < -0.4 is 9.64 Å². The lowest BCUT2D eigenvalue weighted by molar-refractivity contribution is -0.125. The SMILES string of the molecule is CC1Oc2c(F)cc(Cl)cc2N(Cc2cc(F)cc(F)c2)C1=O. The highest BCUT2D eigenvalue weighted by molar-refractivity contribution is 6.31. The summed E-state index contributed by atoms with van der Waals surface area (Å²) in [5.74, 6) is -2.79. The summed E-state index contributed by atoms with van der Waals surface area (Å²) in [6, 6.07) is 5.40. The summed E-state index contributed by atoms with van der Waals surface area (Å²) in [5.41, 5.74) is 0.360. The smallest absolute Gasteiger partial charge is 0.268 e. The number of amides is 1. The first-order chi connectivity index (χ1) is 10.8. The molecule has 7 heteroatoms. The van der Waals surface area contributed by atoms with Crippen molar-refractivity contribution in [3.05, 3.63) is 58.4 Å². The first-order valence-corrected chi connectivity index (χ1v) is 7.15. The van der Waals surface area contributed by atoms with Gasteiger partial charge >= 0.3 is 0 Å². The normalized spacial score (nSPS) is 17.0. The van der Waals surface area contributed by atoms with E-state index in [4.69, 9.17) is 16.3 Å². The summed E-state index contributed by atoms with van der Waals surface area (Å²) in [4.78, 5) is 13.5. The van der Waals surface area contributed by atoms with Gasteiger partial charge < -0.3 is 9.64 Å². The molecule has 1 unspecified atom stereocenters. The summed E-state index contributed by atoms with van der Waals surface area (Å²) in [6.07, 6.45) is -0.920. The Morgan fingerprint density at radius 2 is 1.78 bits per heavy atom. The molecular weight excluding hydrogens is 331 g/mol. The highest BCUT2D eigenvalue weighted by Gasteiger charge is 2.34. The Labute approximate surface area is 135 Å². The highest BCUT2D eigenvalue weighted by Crippen LogP contribution is 2.39. The second kappa shape index (κ2) is 5.77. The molecule has 1 amide bonds. The standard InChI is InChI=1S/C16H11ClF3NO2/c1-8-16(22)21(7-9-2-11(18)6-12(19)3-9)14-5-10(17)4-13(20)15(14)23-8/h2-6,8H,7H2,1H3. The molecule has 1 aliphatic heterocycles. The summed E-state index contributed by atoms with van der Waals surface area (Å²) in [5, 5.41) is 0.0858. The number of carbonyl (C=O) groups is 1. The zero-order chi connectivity index (χ0) is 16.7. The van der Waals surface area contributed by atoms with Crippen molar-refractivity contribution in [1.29, 1.82) is 0 Å². The first-order valence-electron chi connectivity index (χ1n) is 6.77. The Hall–Kier alpha value is -2.21. The van der Waals surface area contributed by atoms with Crippen molar-refractivity contribution in [2.75, 3.05) is 4.90 Å². The minimum Gasteiger partial charge on any atom is -0.476 e. The van der Waals surface area contributed by atoms with Gasteiger partial charge in [-0.05, 0) is 36.8 Å². The number of fused-ring (bicyclic) bond motifs is 1. The van der Waals surface area contributed by atoms with Crippen LogP contribution in [-0.4, -0.2) is 12.0 Å². The Bertz CT molecular complexity index is 777. The third-order valence-corrected chi connectivity index (χ3v) is 3.67. The van der Waals surface area contributed by atoms with E-state index >= 15 is 0 Å². The highest BCUT2D eigenvalue weighted by atomic mass is 35.5. The quantitative estimate of drug-likeness (QED) is 0.824. The van der Waals surface area contributed by atoms with Crippen LogP contribution in [0.3, 0.4) is 0 Å². The minimum absolute atomic E-state index is 0.0858. The van der Waals surface area contributed by atoms with Gasteiger partial charge in [0, 0.05) is 11.1 Å². The molecule has 0 saturated carbocycles. The number of anilines is 1. The molecule has 3 nitrogen and oxygen atoms in total. The van der Waals surface area contributed by atoms with Crippen LogP contribution in [0, 0.1) is 17.5 Å². The maximum Gasteiger partial charge on any atom is 0.268 e. The van der Waals surface area contributed by atoms with Crippen molar-refractivity contribution < 1.29 is 22.7 Å². The number of hydrogen-bond acceptors (Lipinski definition) is 2. The molecule has 0 aliphatic carbocycles. The molecule has 120 valence electrons. The average molecular weight is 342 g/mol. The minimum atomic E-state index is -0.920. The molecule has 2 aromatic carbocycles. The van der Waals surface area contributed by atoms with Gasteiger partial charge in [0.1, 0.15) is 11.6 Å². The van der Waals surface area contributed by atoms with E-state index in [1.165, 1.54) is 17.9 Å². The van der Waals surface area contributed by atoms with Gasteiger partial charge in [-0.15, -0.1) is 0 Å². The number of halogens is 4. The van der Waals surface area contributed by atoms with E-state index in [1.54, 1.807) is 0 Å². The lowest BCUT2D eigenvalue weighted by Crippen LogP contribution is -2.44. The second-order valence-electron chi connectivity index (χ2n) is 5.20. The molecule has 0 N–H and O–H groups in total. The Kier molecular flexibility index (Phi) is 3.93. The molecule has 2 aromatic rings. The number of ether oxygens (including phenoxy) is 1. The number of rotatable bonds is 2. The fourth-order valence-corrected chi connectivity index (χ4v) is 2.68. The topological polar surface area (TPSA) is 29.5 Å². The van der Waals surface area contributed by atoms with Crippen LogP contribution in [0.4, 0.5) is 18.9 Å². The van der Waals surface area contributed by atoms with Crippen LogP contribution in [-0.2, 0) is 11.3 Å². The Morgan fingerprint density at radius 3 is 2.43 bits per heavy atom. The van der Waals surface area contributed by atoms with Gasteiger partial charge in [0.05, 0.1) is 12.2 Å². The third-order valence-electron chi connectivity index (χ3n) is 3.45. The van der Waals surface area contributed by atoms with E-state index in [9.17, 15) is 18.0 Å². The van der Waals surface area contributed by atoms with E-state index in [1.807, 2.05) is 0 Å². The number of hydrogen-bond donors (Lipinski definition) is 0. The van der Waals surface area contributed by atoms with Crippen molar-refractivity contribution in [3.63, 3.8) is 0 Å². The molecule has 0 fully saturated rings. The van der Waals surface area contributed by atoms with Gasteiger partial charge in [-0.25, -0.2) is 13.2 Å². The van der Waals surface area contributed by atoms with E-state index in [2.05, 4.69) is 0 Å². The lowest BCUT2D eigenvalue weighted by atomic mass is 10.1. The molecule has 1 atom stereocenters. The number of carbonyl (C=O) groups excluding carboxylic acids is 1. The fraction of sp³-hybridized carbons (Fsp3) is 0.188. The predicted octanol–water partition coefficient (Wildman–Crippen LogP) is 4.07. The van der Waals surface area contributed by atoms with Gasteiger partial charge in [0.15, 0.2) is 17.7 Å². The monoisotopic (exact) mass is 341 g/mol. The molecule has 0 saturated heterocycles. The van der Waals surface area contributed by atoms with E-state index in [-0.39, 0.29) is 28.6 Å². The largest absolute Gasteiger partial charge is 0.476 e. The molecule has 0 radical (unpaired) electrons. The first kappa shape index (κ1) is 15.7. The van der Waals surface area contributed by atoms with Crippen LogP contribution in [0.2, 0.25) is 5.02 Å². The third kappa shape index (κ3) is 2.99. The van der Waals surface area contributed by atoms with E-state index in [0.29, 0.717) is 0 Å². The van der Waals surface area contributed by atoms with E-state index < -0.39 is 29.5 Å². The summed E-state index contributed by atoms with van der Waals surface area (Å²) < 4.78 is 45.9. The van der Waals surface area contributed by atoms with Gasteiger partial charge in [0.25, 0.3) is 5.91 Å². The van der Waals surface area contributed by atoms with Crippen molar-refractivity contribution in [3.8, 4) is 5.75 Å². The van der Waals surface area contributed by atoms with Crippen LogP contribution in [0.1, 0.15) is 12.5 Å². The van der Waals surface area contributed by atoms with Crippen molar-refractivity contribution in [2.24, 2.45) is 0 Å². The van der Waals surface area contributed by atoms with Gasteiger partial charge in [-0.3, -0.25) is 4.79 Å². The molecule has 0 bridgehead atoms. The molecular formula is C16H11ClF3NO2. The van der Waals surface area contributed by atoms with E-state index in [0.717, 1.165) is 24.3 Å². The molecule has 1 heterocycles.